The standard InChI is InChI=1S/C12H12N4S/c1-6-7(2)17-10(13)9(6)12-15-8-4-3-5-14-11(8)16-12/h3-5H,13H2,1-2H3,(H,14,15,16). The monoisotopic (exact) mass is 244 g/mol. The quantitative estimate of drug-likeness (QED) is 0.691. The van der Waals surface area contributed by atoms with Gasteiger partial charge < -0.3 is 10.7 Å². The molecule has 0 fully saturated rings. The topological polar surface area (TPSA) is 67.6 Å². The first kappa shape index (κ1) is 10.3. The molecule has 0 saturated heterocycles. The Labute approximate surface area is 103 Å². The van der Waals surface area contributed by atoms with Gasteiger partial charge in [-0.05, 0) is 31.5 Å². The van der Waals surface area contributed by atoms with E-state index in [1.165, 1.54) is 10.4 Å². The number of pyridine rings is 1. The van der Waals surface area contributed by atoms with Crippen molar-refractivity contribution in [1.82, 2.24) is 15.0 Å². The number of H-pyrrole nitrogens is 1. The summed E-state index contributed by atoms with van der Waals surface area (Å²) >= 11 is 1.60. The molecule has 0 unspecified atom stereocenters. The molecule has 17 heavy (non-hydrogen) atoms. The van der Waals surface area contributed by atoms with Gasteiger partial charge in [0.15, 0.2) is 5.65 Å². The molecule has 3 heterocycles. The summed E-state index contributed by atoms with van der Waals surface area (Å²) in [5.41, 5.74) is 9.89. The molecule has 0 aromatic carbocycles. The molecule has 0 spiro atoms. The third-order valence-corrected chi connectivity index (χ3v) is 3.94. The van der Waals surface area contributed by atoms with E-state index in [9.17, 15) is 0 Å². The summed E-state index contributed by atoms with van der Waals surface area (Å²) in [6.45, 7) is 4.14. The summed E-state index contributed by atoms with van der Waals surface area (Å²) in [4.78, 5) is 13.2. The molecule has 0 aliphatic rings. The predicted molar refractivity (Wildman–Crippen MR) is 71.1 cm³/mol. The molecule has 0 bridgehead atoms. The first-order valence-corrected chi connectivity index (χ1v) is 6.15. The maximum absolute atomic E-state index is 6.03. The zero-order valence-corrected chi connectivity index (χ0v) is 10.4. The van der Waals surface area contributed by atoms with E-state index in [1.54, 1.807) is 17.5 Å². The van der Waals surface area contributed by atoms with E-state index in [0.717, 1.165) is 27.6 Å². The van der Waals surface area contributed by atoms with Gasteiger partial charge in [0, 0.05) is 11.1 Å². The molecule has 0 aliphatic carbocycles. The highest BCUT2D eigenvalue weighted by Crippen LogP contribution is 2.36. The minimum absolute atomic E-state index is 0.727. The fourth-order valence-corrected chi connectivity index (χ4v) is 2.85. The highest BCUT2D eigenvalue weighted by Gasteiger charge is 2.15. The zero-order chi connectivity index (χ0) is 12.0. The lowest BCUT2D eigenvalue weighted by Crippen LogP contribution is -1.87. The van der Waals surface area contributed by atoms with Gasteiger partial charge in [0.25, 0.3) is 0 Å². The van der Waals surface area contributed by atoms with Crippen LogP contribution < -0.4 is 5.73 Å². The lowest BCUT2D eigenvalue weighted by atomic mass is 10.1. The van der Waals surface area contributed by atoms with Gasteiger partial charge in [0.05, 0.1) is 16.1 Å². The summed E-state index contributed by atoms with van der Waals surface area (Å²) in [5, 5.41) is 0.805. The molecule has 4 nitrogen and oxygen atoms in total. The number of rotatable bonds is 1. The van der Waals surface area contributed by atoms with E-state index in [4.69, 9.17) is 5.73 Å². The average molecular weight is 244 g/mol. The first-order chi connectivity index (χ1) is 8.16. The van der Waals surface area contributed by atoms with Crippen LogP contribution in [0.25, 0.3) is 22.6 Å². The number of aromatic amines is 1. The molecule has 86 valence electrons. The van der Waals surface area contributed by atoms with Crippen LogP contribution in [0, 0.1) is 13.8 Å². The average Bonchev–Trinajstić information content (AvgIpc) is 2.81. The van der Waals surface area contributed by atoms with Crippen LogP contribution in [0.4, 0.5) is 5.00 Å². The molecule has 0 radical (unpaired) electrons. The number of aromatic nitrogens is 3. The third-order valence-electron chi connectivity index (χ3n) is 2.91. The highest BCUT2D eigenvalue weighted by atomic mass is 32.1. The number of aryl methyl sites for hydroxylation is 1. The van der Waals surface area contributed by atoms with Crippen LogP contribution in [-0.4, -0.2) is 15.0 Å². The second-order valence-corrected chi connectivity index (χ2v) is 5.24. The van der Waals surface area contributed by atoms with Gasteiger partial charge in [0.2, 0.25) is 0 Å². The number of thiophene rings is 1. The highest BCUT2D eigenvalue weighted by molar-refractivity contribution is 7.16. The first-order valence-electron chi connectivity index (χ1n) is 5.33. The lowest BCUT2D eigenvalue weighted by Gasteiger charge is -1.96. The minimum Gasteiger partial charge on any atom is -0.390 e. The van der Waals surface area contributed by atoms with Crippen molar-refractivity contribution in [2.75, 3.05) is 5.73 Å². The molecule has 5 heteroatoms. The van der Waals surface area contributed by atoms with Crippen LogP contribution >= 0.6 is 11.3 Å². The van der Waals surface area contributed by atoms with Crippen molar-refractivity contribution in [2.45, 2.75) is 13.8 Å². The fourth-order valence-electron chi connectivity index (χ4n) is 1.91. The molecule has 0 saturated carbocycles. The van der Waals surface area contributed by atoms with Crippen molar-refractivity contribution < 1.29 is 0 Å². The molecule has 3 aromatic heterocycles. The minimum atomic E-state index is 0.727. The number of nitrogen functional groups attached to an aromatic ring is 1. The number of anilines is 1. The van der Waals surface area contributed by atoms with Crippen molar-refractivity contribution >= 4 is 27.5 Å². The lowest BCUT2D eigenvalue weighted by molar-refractivity contribution is 1.29. The van der Waals surface area contributed by atoms with Crippen molar-refractivity contribution in [3.05, 3.63) is 28.8 Å². The Bertz CT molecular complexity index is 663. The van der Waals surface area contributed by atoms with Crippen LogP contribution in [0.5, 0.6) is 0 Å². The van der Waals surface area contributed by atoms with E-state index >= 15 is 0 Å². The summed E-state index contributed by atoms with van der Waals surface area (Å²) < 4.78 is 0. The molecular formula is C12H12N4S. The fraction of sp³-hybridized carbons (Fsp3) is 0.167. The Morgan fingerprint density at radius 2 is 2.18 bits per heavy atom. The molecule has 3 rings (SSSR count). The number of nitrogens with one attached hydrogen (secondary N) is 1. The Balaban J connectivity index is 2.27. The largest absolute Gasteiger partial charge is 0.390 e. The van der Waals surface area contributed by atoms with E-state index in [0.29, 0.717) is 0 Å². The number of hydrogen-bond donors (Lipinski definition) is 2. The molecule has 3 N–H and O–H groups in total. The number of nitrogens with two attached hydrogens (primary N) is 1. The van der Waals surface area contributed by atoms with Crippen molar-refractivity contribution in [3.63, 3.8) is 0 Å². The van der Waals surface area contributed by atoms with Crippen LogP contribution in [0.15, 0.2) is 18.3 Å². The molecule has 3 aromatic rings. The van der Waals surface area contributed by atoms with Crippen LogP contribution in [-0.2, 0) is 0 Å². The van der Waals surface area contributed by atoms with Gasteiger partial charge in [-0.1, -0.05) is 0 Å². The normalized spacial score (nSPS) is 11.2. The van der Waals surface area contributed by atoms with Gasteiger partial charge >= 0.3 is 0 Å². The third kappa shape index (κ3) is 1.51. The molecule has 0 amide bonds. The van der Waals surface area contributed by atoms with Gasteiger partial charge in [-0.2, -0.15) is 0 Å². The molecule has 0 atom stereocenters. The number of nitrogens with zero attached hydrogens (tertiary/aromatic N) is 2. The predicted octanol–water partition coefficient (Wildman–Crippen LogP) is 2.89. The Morgan fingerprint density at radius 3 is 2.82 bits per heavy atom. The Kier molecular flexibility index (Phi) is 2.16. The Morgan fingerprint density at radius 1 is 1.35 bits per heavy atom. The molecule has 0 aliphatic heterocycles. The summed E-state index contributed by atoms with van der Waals surface area (Å²) in [6, 6.07) is 3.85. The van der Waals surface area contributed by atoms with E-state index < -0.39 is 0 Å². The number of fused-ring (bicyclic) bond motifs is 1. The van der Waals surface area contributed by atoms with E-state index in [1.807, 2.05) is 12.1 Å². The Hall–Kier alpha value is -1.88. The second kappa shape index (κ2) is 3.56. The van der Waals surface area contributed by atoms with Gasteiger partial charge in [-0.25, -0.2) is 9.97 Å². The van der Waals surface area contributed by atoms with Gasteiger partial charge in [0.1, 0.15) is 5.82 Å². The summed E-state index contributed by atoms with van der Waals surface area (Å²) in [6.07, 6.45) is 1.74. The second-order valence-electron chi connectivity index (χ2n) is 3.98. The number of imidazole rings is 1. The van der Waals surface area contributed by atoms with Crippen molar-refractivity contribution in [3.8, 4) is 11.4 Å². The van der Waals surface area contributed by atoms with Gasteiger partial charge in [-0.15, -0.1) is 11.3 Å². The van der Waals surface area contributed by atoms with Gasteiger partial charge in [-0.3, -0.25) is 0 Å². The van der Waals surface area contributed by atoms with Crippen molar-refractivity contribution in [1.29, 1.82) is 0 Å². The smallest absolute Gasteiger partial charge is 0.178 e. The maximum Gasteiger partial charge on any atom is 0.178 e. The maximum atomic E-state index is 6.03. The SMILES string of the molecule is Cc1sc(N)c(-c2nc3ncccc3[nH]2)c1C. The summed E-state index contributed by atoms with van der Waals surface area (Å²) in [5.74, 6) is 0.804. The molecular weight excluding hydrogens is 232 g/mol. The van der Waals surface area contributed by atoms with Crippen molar-refractivity contribution in [2.24, 2.45) is 0 Å². The van der Waals surface area contributed by atoms with E-state index in [-0.39, 0.29) is 0 Å². The van der Waals surface area contributed by atoms with Crippen LogP contribution in [0.1, 0.15) is 10.4 Å². The number of hydrogen-bond acceptors (Lipinski definition) is 4. The van der Waals surface area contributed by atoms with Crippen LogP contribution in [0.2, 0.25) is 0 Å². The van der Waals surface area contributed by atoms with E-state index in [2.05, 4.69) is 28.8 Å². The zero-order valence-electron chi connectivity index (χ0n) is 9.61. The summed E-state index contributed by atoms with van der Waals surface area (Å²) in [7, 11) is 0. The van der Waals surface area contributed by atoms with Crippen LogP contribution in [0.3, 0.4) is 0 Å².